The van der Waals surface area contributed by atoms with Gasteiger partial charge >= 0.3 is 5.97 Å². The molecule has 1 aromatic carbocycles. The fourth-order valence-corrected chi connectivity index (χ4v) is 2.94. The number of carbonyl (C=O) groups is 1. The van der Waals surface area contributed by atoms with Gasteiger partial charge in [-0.15, -0.1) is 0 Å². The van der Waals surface area contributed by atoms with Gasteiger partial charge in [0.15, 0.2) is 0 Å². The highest BCUT2D eigenvalue weighted by molar-refractivity contribution is 6.34. The number of nitrogens with two attached hydrogens (primary N) is 1. The SMILES string of the molecule is CC1(O)CCCN(c2c(Cl)cc(N)cc2C(=O)O)CC1. The summed E-state index contributed by atoms with van der Waals surface area (Å²) in [6.45, 7) is 3.04. The van der Waals surface area contributed by atoms with Crippen LogP contribution in [0.15, 0.2) is 12.1 Å². The number of hydrogen-bond donors (Lipinski definition) is 3. The average Bonchev–Trinajstić information content (AvgIpc) is 2.49. The Bertz CT molecular complexity index is 531. The molecule has 1 unspecified atom stereocenters. The molecule has 2 rings (SSSR count). The van der Waals surface area contributed by atoms with Gasteiger partial charge in [-0.3, -0.25) is 0 Å². The van der Waals surface area contributed by atoms with E-state index in [2.05, 4.69) is 0 Å². The van der Waals surface area contributed by atoms with E-state index in [4.69, 9.17) is 17.3 Å². The summed E-state index contributed by atoms with van der Waals surface area (Å²) in [6.07, 6.45) is 2.05. The number of aliphatic hydroxyl groups is 1. The minimum atomic E-state index is -1.05. The Morgan fingerprint density at radius 1 is 1.40 bits per heavy atom. The summed E-state index contributed by atoms with van der Waals surface area (Å²) in [7, 11) is 0. The van der Waals surface area contributed by atoms with E-state index in [1.807, 2.05) is 4.90 Å². The summed E-state index contributed by atoms with van der Waals surface area (Å²) in [5, 5.41) is 19.8. The monoisotopic (exact) mass is 298 g/mol. The molecule has 0 amide bonds. The molecule has 1 saturated heterocycles. The van der Waals surface area contributed by atoms with Gasteiger partial charge in [0.1, 0.15) is 0 Å². The maximum atomic E-state index is 11.4. The van der Waals surface area contributed by atoms with Crippen molar-refractivity contribution in [2.45, 2.75) is 31.8 Å². The molecule has 1 aromatic rings. The van der Waals surface area contributed by atoms with Crippen molar-refractivity contribution in [3.8, 4) is 0 Å². The molecule has 4 N–H and O–H groups in total. The van der Waals surface area contributed by atoms with Gasteiger partial charge in [0.05, 0.1) is 21.9 Å². The minimum Gasteiger partial charge on any atom is -0.478 e. The van der Waals surface area contributed by atoms with E-state index in [0.717, 1.165) is 6.42 Å². The highest BCUT2D eigenvalue weighted by Gasteiger charge is 2.28. The van der Waals surface area contributed by atoms with Gasteiger partial charge in [-0.2, -0.15) is 0 Å². The molecule has 0 aromatic heterocycles. The van der Waals surface area contributed by atoms with Crippen LogP contribution in [0.1, 0.15) is 36.5 Å². The normalized spacial score (nSPS) is 23.4. The number of carboxylic acid groups (broad SMARTS) is 1. The molecule has 110 valence electrons. The first-order valence-electron chi connectivity index (χ1n) is 6.60. The van der Waals surface area contributed by atoms with E-state index in [0.29, 0.717) is 42.3 Å². The summed E-state index contributed by atoms with van der Waals surface area (Å²) in [5.74, 6) is -1.05. The van der Waals surface area contributed by atoms with E-state index >= 15 is 0 Å². The van der Waals surface area contributed by atoms with Crippen LogP contribution in [0.2, 0.25) is 5.02 Å². The molecule has 1 fully saturated rings. The zero-order valence-electron chi connectivity index (χ0n) is 11.4. The van der Waals surface area contributed by atoms with Gasteiger partial charge in [-0.05, 0) is 38.3 Å². The highest BCUT2D eigenvalue weighted by atomic mass is 35.5. The summed E-state index contributed by atoms with van der Waals surface area (Å²) in [6, 6.07) is 2.99. The Hall–Kier alpha value is -1.46. The van der Waals surface area contributed by atoms with Crippen LogP contribution in [0.25, 0.3) is 0 Å². The second-order valence-electron chi connectivity index (χ2n) is 5.54. The predicted molar refractivity (Wildman–Crippen MR) is 79.5 cm³/mol. The van der Waals surface area contributed by atoms with Crippen molar-refractivity contribution >= 4 is 28.9 Å². The van der Waals surface area contributed by atoms with Crippen LogP contribution < -0.4 is 10.6 Å². The summed E-state index contributed by atoms with van der Waals surface area (Å²) < 4.78 is 0. The van der Waals surface area contributed by atoms with Crippen LogP contribution in [-0.2, 0) is 0 Å². The van der Waals surface area contributed by atoms with Gasteiger partial charge in [-0.1, -0.05) is 11.6 Å². The Morgan fingerprint density at radius 2 is 2.10 bits per heavy atom. The molecule has 1 aliphatic rings. The lowest BCUT2D eigenvalue weighted by molar-refractivity contribution is 0.0481. The second kappa shape index (κ2) is 5.50. The predicted octanol–water partition coefficient (Wildman–Crippen LogP) is 2.36. The van der Waals surface area contributed by atoms with Crippen LogP contribution >= 0.6 is 11.6 Å². The molecule has 5 nitrogen and oxygen atoms in total. The number of nitrogen functional groups attached to an aromatic ring is 1. The lowest BCUT2D eigenvalue weighted by Gasteiger charge is -2.26. The summed E-state index contributed by atoms with van der Waals surface area (Å²) in [5.41, 5.74) is 5.88. The number of rotatable bonds is 2. The molecular weight excluding hydrogens is 280 g/mol. The smallest absolute Gasteiger partial charge is 0.337 e. The van der Waals surface area contributed by atoms with Gasteiger partial charge in [0.2, 0.25) is 0 Å². The lowest BCUT2D eigenvalue weighted by Crippen LogP contribution is -2.29. The van der Waals surface area contributed by atoms with Crippen molar-refractivity contribution in [1.82, 2.24) is 0 Å². The largest absolute Gasteiger partial charge is 0.478 e. The molecule has 0 bridgehead atoms. The summed E-state index contributed by atoms with van der Waals surface area (Å²) in [4.78, 5) is 13.3. The van der Waals surface area contributed by atoms with Gasteiger partial charge in [-0.25, -0.2) is 4.79 Å². The van der Waals surface area contributed by atoms with Crippen LogP contribution in [0.4, 0.5) is 11.4 Å². The van der Waals surface area contributed by atoms with Crippen molar-refractivity contribution in [2.75, 3.05) is 23.7 Å². The highest BCUT2D eigenvalue weighted by Crippen LogP contribution is 2.35. The molecule has 1 aliphatic heterocycles. The van der Waals surface area contributed by atoms with E-state index < -0.39 is 11.6 Å². The Labute approximate surface area is 122 Å². The van der Waals surface area contributed by atoms with E-state index in [1.54, 1.807) is 13.0 Å². The summed E-state index contributed by atoms with van der Waals surface area (Å²) >= 11 is 6.19. The van der Waals surface area contributed by atoms with E-state index in [1.165, 1.54) is 6.07 Å². The number of anilines is 2. The molecule has 0 spiro atoms. The average molecular weight is 299 g/mol. The van der Waals surface area contributed by atoms with Crippen molar-refractivity contribution in [2.24, 2.45) is 0 Å². The van der Waals surface area contributed by atoms with Crippen molar-refractivity contribution in [3.63, 3.8) is 0 Å². The molecule has 1 heterocycles. The standard InChI is InChI=1S/C14H19ClN2O3/c1-14(20)3-2-5-17(6-4-14)12-10(13(18)19)7-9(16)8-11(12)15/h7-8,20H,2-6,16H2,1H3,(H,18,19). The number of nitrogens with zero attached hydrogens (tertiary/aromatic N) is 1. The van der Waals surface area contributed by atoms with Crippen molar-refractivity contribution in [1.29, 1.82) is 0 Å². The topological polar surface area (TPSA) is 86.8 Å². The number of hydrogen-bond acceptors (Lipinski definition) is 4. The van der Waals surface area contributed by atoms with Crippen LogP contribution in [-0.4, -0.2) is 34.9 Å². The molecule has 20 heavy (non-hydrogen) atoms. The third kappa shape index (κ3) is 3.16. The van der Waals surface area contributed by atoms with E-state index in [-0.39, 0.29) is 5.56 Å². The lowest BCUT2D eigenvalue weighted by atomic mass is 9.98. The fourth-order valence-electron chi connectivity index (χ4n) is 2.59. The number of halogens is 1. The molecule has 1 atom stereocenters. The maximum Gasteiger partial charge on any atom is 0.337 e. The first-order chi connectivity index (χ1) is 9.30. The Kier molecular flexibility index (Phi) is 4.11. The quantitative estimate of drug-likeness (QED) is 0.730. The molecule has 0 aliphatic carbocycles. The van der Waals surface area contributed by atoms with Crippen LogP contribution in [0, 0.1) is 0 Å². The Morgan fingerprint density at radius 3 is 2.75 bits per heavy atom. The maximum absolute atomic E-state index is 11.4. The van der Waals surface area contributed by atoms with Crippen molar-refractivity contribution in [3.05, 3.63) is 22.7 Å². The first-order valence-corrected chi connectivity index (χ1v) is 6.97. The Balaban J connectivity index is 2.39. The minimum absolute atomic E-state index is 0.108. The van der Waals surface area contributed by atoms with Gasteiger partial charge in [0.25, 0.3) is 0 Å². The fraction of sp³-hybridized carbons (Fsp3) is 0.500. The second-order valence-corrected chi connectivity index (χ2v) is 5.95. The molecular formula is C14H19ClN2O3. The number of carboxylic acids is 1. The molecule has 0 saturated carbocycles. The molecule has 6 heteroatoms. The van der Waals surface area contributed by atoms with Gasteiger partial charge in [0, 0.05) is 18.8 Å². The third-order valence-corrected chi connectivity index (χ3v) is 3.98. The van der Waals surface area contributed by atoms with Crippen LogP contribution in [0.3, 0.4) is 0 Å². The number of benzene rings is 1. The zero-order chi connectivity index (χ0) is 14.9. The zero-order valence-corrected chi connectivity index (χ0v) is 12.2. The van der Waals surface area contributed by atoms with E-state index in [9.17, 15) is 15.0 Å². The first kappa shape index (κ1) is 14.9. The number of aromatic carboxylic acids is 1. The molecule has 0 radical (unpaired) electrons. The van der Waals surface area contributed by atoms with Crippen molar-refractivity contribution < 1.29 is 15.0 Å². The van der Waals surface area contributed by atoms with Gasteiger partial charge < -0.3 is 20.8 Å². The third-order valence-electron chi connectivity index (χ3n) is 3.70. The van der Waals surface area contributed by atoms with Crippen LogP contribution in [0.5, 0.6) is 0 Å².